The number of rotatable bonds is 8. The number of carbonyl (C=O) groups is 2. The van der Waals surface area contributed by atoms with Gasteiger partial charge in [0, 0.05) is 12.6 Å². The van der Waals surface area contributed by atoms with Gasteiger partial charge in [-0.3, -0.25) is 9.59 Å². The van der Waals surface area contributed by atoms with E-state index in [1.165, 1.54) is 0 Å². The van der Waals surface area contributed by atoms with E-state index in [4.69, 9.17) is 9.84 Å². The zero-order chi connectivity index (χ0) is 14.3. The topological polar surface area (TPSA) is 75.6 Å². The van der Waals surface area contributed by atoms with Crippen LogP contribution in [0, 0.1) is 11.8 Å². The Labute approximate surface area is 109 Å². The van der Waals surface area contributed by atoms with Gasteiger partial charge in [0.2, 0.25) is 5.91 Å². The van der Waals surface area contributed by atoms with E-state index in [1.54, 1.807) is 20.8 Å². The molecule has 0 aromatic carbocycles. The van der Waals surface area contributed by atoms with E-state index in [0.29, 0.717) is 12.5 Å². The normalized spacial score (nSPS) is 16.1. The smallest absolute Gasteiger partial charge is 0.308 e. The summed E-state index contributed by atoms with van der Waals surface area (Å²) >= 11 is 0. The standard InChI is InChI=1S/C13H25NO4/c1-8(2)6-7-18-11(5)12(15)14-10(4)9(3)13(16)17/h8-11H,6-7H2,1-5H3,(H,14,15)(H,16,17). The summed E-state index contributed by atoms with van der Waals surface area (Å²) in [5, 5.41) is 11.5. The number of hydrogen-bond acceptors (Lipinski definition) is 3. The molecule has 0 saturated heterocycles. The van der Waals surface area contributed by atoms with Crippen molar-refractivity contribution in [3.8, 4) is 0 Å². The minimum Gasteiger partial charge on any atom is -0.481 e. The van der Waals surface area contributed by atoms with Crippen molar-refractivity contribution in [3.05, 3.63) is 0 Å². The molecule has 106 valence electrons. The zero-order valence-corrected chi connectivity index (χ0v) is 11.9. The van der Waals surface area contributed by atoms with E-state index >= 15 is 0 Å². The maximum absolute atomic E-state index is 11.7. The summed E-state index contributed by atoms with van der Waals surface area (Å²) in [6.45, 7) is 9.63. The maximum atomic E-state index is 11.7. The summed E-state index contributed by atoms with van der Waals surface area (Å²) in [5.41, 5.74) is 0. The fourth-order valence-corrected chi connectivity index (χ4v) is 1.24. The molecule has 1 amide bonds. The Hall–Kier alpha value is -1.10. The highest BCUT2D eigenvalue weighted by Crippen LogP contribution is 2.05. The first kappa shape index (κ1) is 16.9. The summed E-state index contributed by atoms with van der Waals surface area (Å²) in [6, 6.07) is -0.411. The third kappa shape index (κ3) is 6.59. The molecule has 0 radical (unpaired) electrons. The van der Waals surface area contributed by atoms with Gasteiger partial charge in [0.25, 0.3) is 0 Å². The van der Waals surface area contributed by atoms with E-state index in [1.807, 2.05) is 0 Å². The summed E-state index contributed by atoms with van der Waals surface area (Å²) in [5.74, 6) is -1.27. The highest BCUT2D eigenvalue weighted by atomic mass is 16.5. The van der Waals surface area contributed by atoms with Crippen molar-refractivity contribution in [3.63, 3.8) is 0 Å². The molecule has 3 atom stereocenters. The predicted octanol–water partition coefficient (Wildman–Crippen LogP) is 1.66. The van der Waals surface area contributed by atoms with Crippen LogP contribution in [0.4, 0.5) is 0 Å². The molecule has 5 heteroatoms. The monoisotopic (exact) mass is 259 g/mol. The summed E-state index contributed by atoms with van der Waals surface area (Å²) in [7, 11) is 0. The first-order valence-electron chi connectivity index (χ1n) is 6.40. The molecule has 5 nitrogen and oxygen atoms in total. The van der Waals surface area contributed by atoms with Crippen molar-refractivity contribution in [2.24, 2.45) is 11.8 Å². The van der Waals surface area contributed by atoms with Crippen LogP contribution < -0.4 is 5.32 Å². The average Bonchev–Trinajstić information content (AvgIpc) is 2.26. The van der Waals surface area contributed by atoms with Crippen LogP contribution in [0.15, 0.2) is 0 Å². The lowest BCUT2D eigenvalue weighted by atomic mass is 10.0. The molecular weight excluding hydrogens is 234 g/mol. The van der Waals surface area contributed by atoms with Crippen LogP contribution >= 0.6 is 0 Å². The van der Waals surface area contributed by atoms with Crippen LogP contribution in [0.5, 0.6) is 0 Å². The lowest BCUT2D eigenvalue weighted by molar-refractivity contribution is -0.142. The number of nitrogens with one attached hydrogen (secondary N) is 1. The molecule has 0 aromatic heterocycles. The number of carboxylic acids is 1. The number of ether oxygens (including phenoxy) is 1. The minimum absolute atomic E-state index is 0.264. The SMILES string of the molecule is CC(C)CCOC(C)C(=O)NC(C)C(C)C(=O)O. The van der Waals surface area contributed by atoms with Crippen molar-refractivity contribution in [2.45, 2.75) is 53.2 Å². The maximum Gasteiger partial charge on any atom is 0.308 e. The molecule has 0 aliphatic heterocycles. The van der Waals surface area contributed by atoms with Crippen molar-refractivity contribution in [1.29, 1.82) is 0 Å². The molecule has 0 aliphatic carbocycles. The summed E-state index contributed by atoms with van der Waals surface area (Å²) in [4.78, 5) is 22.5. The van der Waals surface area contributed by atoms with Gasteiger partial charge in [-0.2, -0.15) is 0 Å². The molecule has 3 unspecified atom stereocenters. The van der Waals surface area contributed by atoms with Gasteiger partial charge in [0.05, 0.1) is 5.92 Å². The van der Waals surface area contributed by atoms with Gasteiger partial charge < -0.3 is 15.2 Å². The predicted molar refractivity (Wildman–Crippen MR) is 69.3 cm³/mol. The van der Waals surface area contributed by atoms with Gasteiger partial charge in [0.15, 0.2) is 0 Å². The van der Waals surface area contributed by atoms with Crippen LogP contribution in [0.1, 0.15) is 41.0 Å². The zero-order valence-electron chi connectivity index (χ0n) is 11.9. The number of carbonyl (C=O) groups excluding carboxylic acids is 1. The second-order valence-electron chi connectivity index (χ2n) is 5.12. The lowest BCUT2D eigenvalue weighted by Gasteiger charge is -2.20. The molecule has 0 rings (SSSR count). The Morgan fingerprint density at radius 3 is 2.17 bits per heavy atom. The molecule has 2 N–H and O–H groups in total. The summed E-state index contributed by atoms with van der Waals surface area (Å²) in [6.07, 6.45) is 0.353. The largest absolute Gasteiger partial charge is 0.481 e. The molecule has 0 saturated carbocycles. The first-order chi connectivity index (χ1) is 8.25. The van der Waals surface area contributed by atoms with Crippen molar-refractivity contribution in [1.82, 2.24) is 5.32 Å². The Morgan fingerprint density at radius 2 is 1.72 bits per heavy atom. The summed E-state index contributed by atoms with van der Waals surface area (Å²) < 4.78 is 5.40. The first-order valence-corrected chi connectivity index (χ1v) is 6.40. The Morgan fingerprint density at radius 1 is 1.17 bits per heavy atom. The number of aliphatic carboxylic acids is 1. The van der Waals surface area contributed by atoms with E-state index in [-0.39, 0.29) is 5.91 Å². The molecule has 18 heavy (non-hydrogen) atoms. The highest BCUT2D eigenvalue weighted by molar-refractivity contribution is 5.81. The second kappa shape index (κ2) is 8.08. The quantitative estimate of drug-likeness (QED) is 0.695. The molecule has 0 bridgehead atoms. The molecule has 0 spiro atoms. The fraction of sp³-hybridized carbons (Fsp3) is 0.846. The van der Waals surface area contributed by atoms with Gasteiger partial charge >= 0.3 is 5.97 Å². The van der Waals surface area contributed by atoms with Gasteiger partial charge in [-0.1, -0.05) is 13.8 Å². The fourth-order valence-electron chi connectivity index (χ4n) is 1.24. The highest BCUT2D eigenvalue weighted by Gasteiger charge is 2.23. The van der Waals surface area contributed by atoms with Crippen LogP contribution in [-0.4, -0.2) is 35.7 Å². The van der Waals surface area contributed by atoms with Crippen molar-refractivity contribution in [2.75, 3.05) is 6.61 Å². The van der Waals surface area contributed by atoms with Crippen LogP contribution in [0.25, 0.3) is 0 Å². The van der Waals surface area contributed by atoms with Gasteiger partial charge in [-0.25, -0.2) is 0 Å². The third-order valence-electron chi connectivity index (χ3n) is 2.94. The molecular formula is C13H25NO4. The second-order valence-corrected chi connectivity index (χ2v) is 5.12. The number of amides is 1. The average molecular weight is 259 g/mol. The Bertz CT molecular complexity index is 278. The minimum atomic E-state index is -0.920. The van der Waals surface area contributed by atoms with E-state index in [2.05, 4.69) is 19.2 Å². The van der Waals surface area contributed by atoms with Crippen LogP contribution in [-0.2, 0) is 14.3 Å². The Balaban J connectivity index is 4.04. The van der Waals surface area contributed by atoms with Crippen LogP contribution in [0.3, 0.4) is 0 Å². The molecule has 0 aromatic rings. The molecule has 0 heterocycles. The number of hydrogen-bond donors (Lipinski definition) is 2. The lowest BCUT2D eigenvalue weighted by Crippen LogP contribution is -2.44. The third-order valence-corrected chi connectivity index (χ3v) is 2.94. The van der Waals surface area contributed by atoms with Gasteiger partial charge in [0.1, 0.15) is 6.10 Å². The van der Waals surface area contributed by atoms with E-state index in [9.17, 15) is 9.59 Å². The van der Waals surface area contributed by atoms with Crippen LogP contribution in [0.2, 0.25) is 0 Å². The van der Waals surface area contributed by atoms with Crippen molar-refractivity contribution >= 4 is 11.9 Å². The number of carboxylic acid groups (broad SMARTS) is 1. The molecule has 0 aliphatic rings. The van der Waals surface area contributed by atoms with E-state index in [0.717, 1.165) is 6.42 Å². The van der Waals surface area contributed by atoms with Crippen molar-refractivity contribution < 1.29 is 19.4 Å². The van der Waals surface area contributed by atoms with Gasteiger partial charge in [-0.15, -0.1) is 0 Å². The Kier molecular flexibility index (Phi) is 7.59. The van der Waals surface area contributed by atoms with Gasteiger partial charge in [-0.05, 0) is 33.1 Å². The van der Waals surface area contributed by atoms with E-state index < -0.39 is 24.0 Å². The molecule has 0 fully saturated rings.